The van der Waals surface area contributed by atoms with E-state index in [1.165, 1.54) is 11.8 Å². The Morgan fingerprint density at radius 3 is 2.76 bits per heavy atom. The molecule has 0 aromatic heterocycles. The van der Waals surface area contributed by atoms with Crippen LogP contribution in [0, 0.1) is 0 Å². The summed E-state index contributed by atoms with van der Waals surface area (Å²) in [6.45, 7) is 1.80. The van der Waals surface area contributed by atoms with Gasteiger partial charge >= 0.3 is 5.97 Å². The van der Waals surface area contributed by atoms with E-state index in [-0.39, 0.29) is 5.91 Å². The molecule has 2 atom stereocenters. The van der Waals surface area contributed by atoms with Crippen molar-refractivity contribution in [1.29, 1.82) is 0 Å². The third-order valence-electron chi connectivity index (χ3n) is 4.62. The van der Waals surface area contributed by atoms with Crippen molar-refractivity contribution in [3.8, 4) is 0 Å². The molecule has 1 amide bonds. The van der Waals surface area contributed by atoms with E-state index >= 15 is 0 Å². The van der Waals surface area contributed by atoms with E-state index < -0.39 is 16.9 Å². The number of anilines is 1. The molecule has 4 nitrogen and oxygen atoms in total. The Hall–Kier alpha value is -1.98. The van der Waals surface area contributed by atoms with Gasteiger partial charge in [-0.1, -0.05) is 53.7 Å². The van der Waals surface area contributed by atoms with Gasteiger partial charge in [-0.3, -0.25) is 9.69 Å². The summed E-state index contributed by atoms with van der Waals surface area (Å²) >= 11 is 7.61. The lowest BCUT2D eigenvalue weighted by Gasteiger charge is -2.30. The molecule has 4 rings (SSSR count). The van der Waals surface area contributed by atoms with Gasteiger partial charge in [0, 0.05) is 28.3 Å². The number of hydrogen-bond donors (Lipinski definition) is 0. The van der Waals surface area contributed by atoms with Gasteiger partial charge in [0.2, 0.25) is 5.91 Å². The minimum Gasteiger partial charge on any atom is -0.455 e. The van der Waals surface area contributed by atoms with E-state index in [2.05, 4.69) is 0 Å². The number of thioether (sulfide) groups is 1. The summed E-state index contributed by atoms with van der Waals surface area (Å²) in [6.07, 6.45) is 0.299. The predicted molar refractivity (Wildman–Crippen MR) is 97.7 cm³/mol. The first kappa shape index (κ1) is 16.5. The molecule has 2 aromatic carbocycles. The highest BCUT2D eigenvalue weighted by Crippen LogP contribution is 2.56. The standard InChI is InChI=1S/C19H16ClNO3S/c1-12(13-6-2-3-7-14(13)20)24-18(23)19-11-10-17(22)21(19)15-8-4-5-9-16(15)25-19/h2-9,12H,10-11H2,1H3. The van der Waals surface area contributed by atoms with Crippen molar-refractivity contribution in [2.24, 2.45) is 0 Å². The van der Waals surface area contributed by atoms with E-state index in [4.69, 9.17) is 16.3 Å². The van der Waals surface area contributed by atoms with Crippen molar-refractivity contribution in [2.45, 2.75) is 35.6 Å². The zero-order valence-corrected chi connectivity index (χ0v) is 15.1. The van der Waals surface area contributed by atoms with Crippen molar-refractivity contribution in [3.63, 3.8) is 0 Å². The van der Waals surface area contributed by atoms with Crippen LogP contribution in [0.4, 0.5) is 5.69 Å². The molecule has 1 fully saturated rings. The summed E-state index contributed by atoms with van der Waals surface area (Å²) < 4.78 is 5.75. The van der Waals surface area contributed by atoms with Gasteiger partial charge in [-0.2, -0.15) is 0 Å². The normalized spacial score (nSPS) is 22.5. The predicted octanol–water partition coefficient (Wildman–Crippen LogP) is 4.57. The molecule has 1 saturated heterocycles. The number of amides is 1. The number of benzene rings is 2. The number of hydrogen-bond acceptors (Lipinski definition) is 4. The molecule has 2 aliphatic heterocycles. The molecule has 2 unspecified atom stereocenters. The molecule has 2 aromatic rings. The number of rotatable bonds is 3. The minimum atomic E-state index is -1.00. The summed E-state index contributed by atoms with van der Waals surface area (Å²) in [7, 11) is 0. The first-order valence-electron chi connectivity index (χ1n) is 8.09. The highest BCUT2D eigenvalue weighted by atomic mass is 35.5. The zero-order valence-electron chi connectivity index (χ0n) is 13.6. The maximum absolute atomic E-state index is 13.1. The summed E-state index contributed by atoms with van der Waals surface area (Å²) in [5, 5.41) is 0.557. The van der Waals surface area contributed by atoms with Crippen LogP contribution in [0.3, 0.4) is 0 Å². The van der Waals surface area contributed by atoms with Crippen LogP contribution in [-0.4, -0.2) is 16.7 Å². The van der Waals surface area contributed by atoms with Gasteiger partial charge in [-0.25, -0.2) is 4.79 Å². The van der Waals surface area contributed by atoms with Gasteiger partial charge in [0.15, 0.2) is 4.87 Å². The van der Waals surface area contributed by atoms with Crippen LogP contribution in [0.5, 0.6) is 0 Å². The van der Waals surface area contributed by atoms with E-state index in [9.17, 15) is 9.59 Å². The third-order valence-corrected chi connectivity index (χ3v) is 6.42. The number of carbonyl (C=O) groups excluding carboxylic acids is 2. The van der Waals surface area contributed by atoms with Crippen LogP contribution in [-0.2, 0) is 14.3 Å². The topological polar surface area (TPSA) is 46.6 Å². The van der Waals surface area contributed by atoms with Gasteiger partial charge in [-0.15, -0.1) is 0 Å². The lowest BCUT2D eigenvalue weighted by molar-refractivity contribution is -0.151. The maximum atomic E-state index is 13.1. The second kappa shape index (κ2) is 6.07. The molecule has 6 heteroatoms. The molecule has 0 aliphatic carbocycles. The fraction of sp³-hybridized carbons (Fsp3) is 0.263. The number of nitrogens with zero attached hydrogens (tertiary/aromatic N) is 1. The number of carbonyl (C=O) groups is 2. The lowest BCUT2D eigenvalue weighted by atomic mass is 10.1. The van der Waals surface area contributed by atoms with Crippen molar-refractivity contribution in [3.05, 3.63) is 59.1 Å². The van der Waals surface area contributed by atoms with Gasteiger partial charge in [-0.05, 0) is 25.1 Å². The Kier molecular flexibility index (Phi) is 4.01. The average molecular weight is 374 g/mol. The van der Waals surface area contributed by atoms with E-state index in [1.807, 2.05) is 42.5 Å². The molecule has 0 spiro atoms. The van der Waals surface area contributed by atoms with E-state index in [1.54, 1.807) is 17.9 Å². The van der Waals surface area contributed by atoms with Crippen molar-refractivity contribution in [2.75, 3.05) is 4.90 Å². The van der Waals surface area contributed by atoms with Crippen molar-refractivity contribution >= 4 is 40.9 Å². The summed E-state index contributed by atoms with van der Waals surface area (Å²) in [5.41, 5.74) is 1.54. The molecule has 25 heavy (non-hydrogen) atoms. The molecule has 2 aliphatic rings. The third kappa shape index (κ3) is 2.53. The SMILES string of the molecule is CC(OC(=O)C12CCC(=O)N1c1ccccc1S2)c1ccccc1Cl. The number of halogens is 1. The Morgan fingerprint density at radius 2 is 1.96 bits per heavy atom. The van der Waals surface area contributed by atoms with Crippen LogP contribution in [0.1, 0.15) is 31.4 Å². The Bertz CT molecular complexity index is 871. The number of fused-ring (bicyclic) bond motifs is 3. The fourth-order valence-corrected chi connectivity index (χ4v) is 5.08. The monoisotopic (exact) mass is 373 g/mol. The van der Waals surface area contributed by atoms with Crippen LogP contribution < -0.4 is 4.90 Å². The number of esters is 1. The largest absolute Gasteiger partial charge is 0.455 e. The summed E-state index contributed by atoms with van der Waals surface area (Å²) in [6, 6.07) is 14.9. The molecule has 0 bridgehead atoms. The van der Waals surface area contributed by atoms with Crippen molar-refractivity contribution < 1.29 is 14.3 Å². The van der Waals surface area contributed by atoms with Gasteiger partial charge in [0.25, 0.3) is 0 Å². The second-order valence-corrected chi connectivity index (χ2v) is 7.88. The molecule has 0 radical (unpaired) electrons. The van der Waals surface area contributed by atoms with Gasteiger partial charge < -0.3 is 4.74 Å². The minimum absolute atomic E-state index is 0.0419. The zero-order chi connectivity index (χ0) is 17.6. The summed E-state index contributed by atoms with van der Waals surface area (Å²) in [4.78, 5) is 27.0. The highest BCUT2D eigenvalue weighted by molar-refractivity contribution is 8.02. The summed E-state index contributed by atoms with van der Waals surface area (Å²) in [5.74, 6) is -0.438. The van der Waals surface area contributed by atoms with Crippen LogP contribution in [0.25, 0.3) is 0 Å². The second-order valence-electron chi connectivity index (χ2n) is 6.15. The molecule has 0 saturated carbocycles. The lowest BCUT2D eigenvalue weighted by Crippen LogP contribution is -2.48. The Labute approximate surface area is 155 Å². The van der Waals surface area contributed by atoms with Gasteiger partial charge in [0.05, 0.1) is 5.69 Å². The Morgan fingerprint density at radius 1 is 1.24 bits per heavy atom. The van der Waals surface area contributed by atoms with E-state index in [0.717, 1.165) is 16.1 Å². The molecule has 128 valence electrons. The quantitative estimate of drug-likeness (QED) is 0.739. The Balaban J connectivity index is 1.64. The smallest absolute Gasteiger partial charge is 0.344 e. The van der Waals surface area contributed by atoms with Crippen LogP contribution in [0.2, 0.25) is 5.02 Å². The van der Waals surface area contributed by atoms with Gasteiger partial charge in [0.1, 0.15) is 6.10 Å². The van der Waals surface area contributed by atoms with Crippen LogP contribution >= 0.6 is 23.4 Å². The fourth-order valence-electron chi connectivity index (χ4n) is 3.39. The van der Waals surface area contributed by atoms with E-state index in [0.29, 0.717) is 17.9 Å². The molecular formula is C19H16ClNO3S. The van der Waals surface area contributed by atoms with Crippen LogP contribution in [0.15, 0.2) is 53.4 Å². The first-order chi connectivity index (χ1) is 12.0. The average Bonchev–Trinajstić information content (AvgIpc) is 3.11. The molecular weight excluding hydrogens is 358 g/mol. The molecule has 0 N–H and O–H groups in total. The number of ether oxygens (including phenoxy) is 1. The molecule has 2 heterocycles. The highest BCUT2D eigenvalue weighted by Gasteiger charge is 2.58. The van der Waals surface area contributed by atoms with Crippen molar-refractivity contribution in [1.82, 2.24) is 0 Å². The first-order valence-corrected chi connectivity index (χ1v) is 9.29. The maximum Gasteiger partial charge on any atom is 0.344 e. The number of para-hydroxylation sites is 1.